The van der Waals surface area contributed by atoms with Gasteiger partial charge in [-0.15, -0.1) is 0 Å². The summed E-state index contributed by atoms with van der Waals surface area (Å²) in [6.07, 6.45) is 1.60. The Morgan fingerprint density at radius 1 is 1.06 bits per heavy atom. The summed E-state index contributed by atoms with van der Waals surface area (Å²) in [6.45, 7) is 5.81. The fourth-order valence-corrected chi connectivity index (χ4v) is 3.45. The van der Waals surface area contributed by atoms with E-state index in [0.717, 1.165) is 5.56 Å². The fraction of sp³-hybridized carbons (Fsp3) is 0.208. The summed E-state index contributed by atoms with van der Waals surface area (Å²) >= 11 is 0. The summed E-state index contributed by atoms with van der Waals surface area (Å²) in [5, 5.41) is 7.76. The maximum atomic E-state index is 13.1. The van der Waals surface area contributed by atoms with Gasteiger partial charge in [-0.3, -0.25) is 4.79 Å². The second kappa shape index (κ2) is 8.47. The number of benzene rings is 2. The third-order valence-corrected chi connectivity index (χ3v) is 4.89. The van der Waals surface area contributed by atoms with Crippen LogP contribution in [-0.2, 0) is 0 Å². The first-order valence-electron chi connectivity index (χ1n) is 10.1. The van der Waals surface area contributed by atoms with Crippen molar-refractivity contribution in [2.45, 2.75) is 32.9 Å². The molecule has 2 aromatic carbocycles. The van der Waals surface area contributed by atoms with Crippen LogP contribution in [0.5, 0.6) is 5.75 Å². The van der Waals surface area contributed by atoms with Gasteiger partial charge in [0.15, 0.2) is 0 Å². The van der Waals surface area contributed by atoms with Gasteiger partial charge in [0.05, 0.1) is 23.9 Å². The highest BCUT2D eigenvalue weighted by atomic mass is 16.5. The smallest absolute Gasteiger partial charge is 0.337 e. The Bertz CT molecular complexity index is 1270. The van der Waals surface area contributed by atoms with E-state index >= 15 is 0 Å². The predicted octanol–water partition coefficient (Wildman–Crippen LogP) is 4.64. The Hall–Kier alpha value is -3.87. The van der Waals surface area contributed by atoms with Gasteiger partial charge in [0.1, 0.15) is 17.2 Å². The molecule has 7 nitrogen and oxygen atoms in total. The molecule has 0 bridgehead atoms. The number of hydrogen-bond donors (Lipinski definition) is 1. The van der Waals surface area contributed by atoms with Crippen LogP contribution >= 0.6 is 0 Å². The normalized spacial score (nSPS) is 12.1. The zero-order valence-electron chi connectivity index (χ0n) is 17.5. The molecule has 0 saturated carbocycles. The van der Waals surface area contributed by atoms with E-state index in [0.29, 0.717) is 22.5 Å². The molecule has 0 aliphatic carbocycles. The van der Waals surface area contributed by atoms with E-state index in [4.69, 9.17) is 9.15 Å². The summed E-state index contributed by atoms with van der Waals surface area (Å²) in [5.74, 6) is 0.679. The first-order chi connectivity index (χ1) is 14.9. The van der Waals surface area contributed by atoms with Crippen molar-refractivity contribution in [3.8, 4) is 5.75 Å². The third kappa shape index (κ3) is 4.35. The number of carbonyl (C=O) groups excluding carboxylic acids is 1. The maximum absolute atomic E-state index is 13.1. The van der Waals surface area contributed by atoms with Crippen molar-refractivity contribution in [2.24, 2.45) is 0 Å². The summed E-state index contributed by atoms with van der Waals surface area (Å²) in [6, 6.07) is 17.8. The molecule has 1 N–H and O–H groups in total. The molecule has 4 aromatic rings. The van der Waals surface area contributed by atoms with E-state index in [1.807, 2.05) is 51.1 Å². The predicted molar refractivity (Wildman–Crippen MR) is 119 cm³/mol. The lowest BCUT2D eigenvalue weighted by Crippen LogP contribution is -2.19. The van der Waals surface area contributed by atoms with Gasteiger partial charge in [0.25, 0.3) is 5.91 Å². The SMILES string of the molecule is CC(C)Oc1ccc2c(C(=O)Nc3ccnn3C(C)c3ccccc3)cc(=O)oc2c1. The van der Waals surface area contributed by atoms with E-state index in [1.54, 1.807) is 35.1 Å². The number of fused-ring (bicyclic) bond motifs is 1. The zero-order chi connectivity index (χ0) is 22.0. The first kappa shape index (κ1) is 20.4. The fourth-order valence-electron chi connectivity index (χ4n) is 3.45. The Balaban J connectivity index is 1.66. The number of nitrogens with zero attached hydrogens (tertiary/aromatic N) is 2. The molecule has 158 valence electrons. The highest BCUT2D eigenvalue weighted by Crippen LogP contribution is 2.25. The van der Waals surface area contributed by atoms with Gasteiger partial charge >= 0.3 is 5.63 Å². The van der Waals surface area contributed by atoms with Crippen molar-refractivity contribution < 1.29 is 13.9 Å². The number of rotatable bonds is 6. The van der Waals surface area contributed by atoms with Crippen LogP contribution in [0.15, 0.2) is 76.1 Å². The molecule has 0 aliphatic heterocycles. The number of nitrogens with one attached hydrogen (secondary N) is 1. The van der Waals surface area contributed by atoms with E-state index in [9.17, 15) is 9.59 Å². The lowest BCUT2D eigenvalue weighted by Gasteiger charge is -2.17. The average molecular weight is 417 g/mol. The summed E-state index contributed by atoms with van der Waals surface area (Å²) < 4.78 is 12.7. The van der Waals surface area contributed by atoms with Crippen molar-refractivity contribution in [1.29, 1.82) is 0 Å². The number of ether oxygens (including phenoxy) is 1. The first-order valence-corrected chi connectivity index (χ1v) is 10.1. The van der Waals surface area contributed by atoms with Crippen LogP contribution in [0.4, 0.5) is 5.82 Å². The van der Waals surface area contributed by atoms with Crippen LogP contribution < -0.4 is 15.7 Å². The van der Waals surface area contributed by atoms with Crippen LogP contribution in [0.25, 0.3) is 11.0 Å². The topological polar surface area (TPSA) is 86.4 Å². The van der Waals surface area contributed by atoms with Crippen LogP contribution in [0.3, 0.4) is 0 Å². The molecule has 0 spiro atoms. The van der Waals surface area contributed by atoms with E-state index in [-0.39, 0.29) is 17.7 Å². The standard InChI is InChI=1S/C24H23N3O4/c1-15(2)30-18-9-10-19-20(14-23(28)31-21(19)13-18)24(29)26-22-11-12-25-27(22)16(3)17-7-5-4-6-8-17/h4-16H,1-3H3,(H,26,29). The number of anilines is 1. The molecule has 0 saturated heterocycles. The second-order valence-electron chi connectivity index (χ2n) is 7.51. The largest absolute Gasteiger partial charge is 0.491 e. The van der Waals surface area contributed by atoms with Gasteiger partial charge < -0.3 is 14.5 Å². The summed E-state index contributed by atoms with van der Waals surface area (Å²) in [7, 11) is 0. The van der Waals surface area contributed by atoms with Crippen LogP contribution in [0.1, 0.15) is 42.7 Å². The summed E-state index contributed by atoms with van der Waals surface area (Å²) in [5.41, 5.74) is 0.972. The lowest BCUT2D eigenvalue weighted by atomic mass is 10.1. The van der Waals surface area contributed by atoms with Gasteiger partial charge in [-0.2, -0.15) is 5.10 Å². The van der Waals surface area contributed by atoms with Crippen LogP contribution in [-0.4, -0.2) is 21.8 Å². The number of aromatic nitrogens is 2. The molecule has 2 heterocycles. The Morgan fingerprint density at radius 2 is 1.84 bits per heavy atom. The molecule has 0 radical (unpaired) electrons. The minimum Gasteiger partial charge on any atom is -0.491 e. The third-order valence-electron chi connectivity index (χ3n) is 4.89. The molecule has 1 unspecified atom stereocenters. The highest BCUT2D eigenvalue weighted by Gasteiger charge is 2.18. The van der Waals surface area contributed by atoms with Crippen molar-refractivity contribution in [3.63, 3.8) is 0 Å². The molecule has 2 aromatic heterocycles. The molecule has 1 atom stereocenters. The van der Waals surface area contributed by atoms with Gasteiger partial charge in [-0.05, 0) is 38.5 Å². The Kier molecular flexibility index (Phi) is 5.58. The minimum absolute atomic E-state index is 0.0254. The Labute approximate surface area is 179 Å². The molecule has 0 aliphatic rings. The minimum atomic E-state index is -0.606. The number of amides is 1. The highest BCUT2D eigenvalue weighted by molar-refractivity contribution is 6.11. The molecule has 0 fully saturated rings. The van der Waals surface area contributed by atoms with Crippen molar-refractivity contribution >= 4 is 22.7 Å². The number of carbonyl (C=O) groups is 1. The summed E-state index contributed by atoms with van der Waals surface area (Å²) in [4.78, 5) is 25.2. The van der Waals surface area contributed by atoms with Crippen LogP contribution in [0, 0.1) is 0 Å². The molecule has 7 heteroatoms. The number of hydrogen-bond acceptors (Lipinski definition) is 5. The molecular formula is C24H23N3O4. The second-order valence-corrected chi connectivity index (χ2v) is 7.51. The monoisotopic (exact) mass is 417 g/mol. The van der Waals surface area contributed by atoms with Gasteiger partial charge in [-0.1, -0.05) is 30.3 Å². The van der Waals surface area contributed by atoms with E-state index in [2.05, 4.69) is 10.4 Å². The van der Waals surface area contributed by atoms with Gasteiger partial charge in [-0.25, -0.2) is 9.48 Å². The van der Waals surface area contributed by atoms with Gasteiger partial charge in [0, 0.05) is 23.6 Å². The van der Waals surface area contributed by atoms with Gasteiger partial charge in [0.2, 0.25) is 0 Å². The maximum Gasteiger partial charge on any atom is 0.337 e. The van der Waals surface area contributed by atoms with Crippen LogP contribution in [0.2, 0.25) is 0 Å². The average Bonchev–Trinajstić information content (AvgIpc) is 3.20. The quantitative estimate of drug-likeness (QED) is 0.462. The zero-order valence-corrected chi connectivity index (χ0v) is 17.5. The molecular weight excluding hydrogens is 394 g/mol. The van der Waals surface area contributed by atoms with Crippen molar-refractivity contribution in [2.75, 3.05) is 5.32 Å². The molecule has 1 amide bonds. The molecule has 31 heavy (non-hydrogen) atoms. The molecule has 4 rings (SSSR count). The van der Waals surface area contributed by atoms with E-state index in [1.165, 1.54) is 6.07 Å². The van der Waals surface area contributed by atoms with Crippen molar-refractivity contribution in [1.82, 2.24) is 9.78 Å². The Morgan fingerprint density at radius 3 is 2.58 bits per heavy atom. The van der Waals surface area contributed by atoms with Crippen molar-refractivity contribution in [3.05, 3.63) is 88.4 Å². The van der Waals surface area contributed by atoms with E-state index < -0.39 is 11.5 Å². The lowest BCUT2D eigenvalue weighted by molar-refractivity contribution is 0.102.